The summed E-state index contributed by atoms with van der Waals surface area (Å²) >= 11 is 5.01. The molecule has 24 heavy (non-hydrogen) atoms. The van der Waals surface area contributed by atoms with Crippen molar-refractivity contribution in [3.8, 4) is 0 Å². The van der Waals surface area contributed by atoms with Gasteiger partial charge >= 0.3 is 0 Å². The average Bonchev–Trinajstić information content (AvgIpc) is 2.59. The fourth-order valence-corrected chi connectivity index (χ4v) is 3.39. The van der Waals surface area contributed by atoms with E-state index in [9.17, 15) is 0 Å². The molecule has 1 fully saturated rings. The lowest BCUT2D eigenvalue weighted by Gasteiger charge is -2.37. The number of hydrogen-bond donors (Lipinski definition) is 1. The summed E-state index contributed by atoms with van der Waals surface area (Å²) in [6.07, 6.45) is 0. The van der Waals surface area contributed by atoms with Crippen molar-refractivity contribution in [1.29, 1.82) is 0 Å². The summed E-state index contributed by atoms with van der Waals surface area (Å²) in [6.45, 7) is 9.73. The fourth-order valence-electron chi connectivity index (χ4n) is 3.26. The summed E-state index contributed by atoms with van der Waals surface area (Å²) in [5.74, 6) is 0. The number of anilines is 1. The van der Waals surface area contributed by atoms with Crippen molar-refractivity contribution in [3.63, 3.8) is 0 Å². The van der Waals surface area contributed by atoms with E-state index in [4.69, 9.17) is 18.0 Å². The van der Waals surface area contributed by atoms with Crippen molar-refractivity contribution >= 4 is 22.9 Å². The molecule has 3 rings (SSSR count). The second-order valence-corrected chi connectivity index (χ2v) is 6.98. The van der Waals surface area contributed by atoms with Gasteiger partial charge in [0.05, 0.1) is 0 Å². The van der Waals surface area contributed by atoms with E-state index in [1.807, 2.05) is 12.1 Å². The molecule has 0 unspecified atom stereocenters. The molecule has 0 aliphatic carbocycles. The minimum Gasteiger partial charge on any atom is -0.389 e. The van der Waals surface area contributed by atoms with Crippen molar-refractivity contribution in [3.05, 3.63) is 64.7 Å². The normalized spacial score (nSPS) is 15.5. The molecule has 2 aromatic carbocycles. The molecule has 3 nitrogen and oxygen atoms in total. The van der Waals surface area contributed by atoms with Crippen LogP contribution in [-0.2, 0) is 6.54 Å². The molecule has 0 spiro atoms. The van der Waals surface area contributed by atoms with Gasteiger partial charge in [-0.1, -0.05) is 48.6 Å². The Morgan fingerprint density at radius 2 is 1.67 bits per heavy atom. The first-order valence-corrected chi connectivity index (χ1v) is 8.87. The fraction of sp³-hybridized carbons (Fsp3) is 0.350. The SMILES string of the molecule is Cc1cccc(N2CCN(Cc3ccc(C(N)=S)cc3)CC2)c1C. The van der Waals surface area contributed by atoms with E-state index >= 15 is 0 Å². The van der Waals surface area contributed by atoms with Gasteiger partial charge in [0.1, 0.15) is 4.99 Å². The molecule has 1 aliphatic rings. The predicted octanol–water partition coefficient (Wildman–Crippen LogP) is 3.26. The van der Waals surface area contributed by atoms with E-state index < -0.39 is 0 Å². The van der Waals surface area contributed by atoms with Crippen LogP contribution in [0.25, 0.3) is 0 Å². The Bertz CT molecular complexity index is 716. The molecule has 1 saturated heterocycles. The van der Waals surface area contributed by atoms with Crippen LogP contribution >= 0.6 is 12.2 Å². The third kappa shape index (κ3) is 3.77. The Morgan fingerprint density at radius 1 is 1.00 bits per heavy atom. The zero-order chi connectivity index (χ0) is 17.1. The standard InChI is InChI=1S/C20H25N3S/c1-15-4-3-5-19(16(15)2)23-12-10-22(11-13-23)14-17-6-8-18(9-7-17)20(21)24/h3-9H,10-14H2,1-2H3,(H2,21,24). The summed E-state index contributed by atoms with van der Waals surface area (Å²) < 4.78 is 0. The lowest BCUT2D eigenvalue weighted by atomic mass is 10.1. The predicted molar refractivity (Wildman–Crippen MR) is 106 cm³/mol. The second-order valence-electron chi connectivity index (χ2n) is 6.54. The zero-order valence-corrected chi connectivity index (χ0v) is 15.3. The monoisotopic (exact) mass is 339 g/mol. The van der Waals surface area contributed by atoms with E-state index in [1.165, 1.54) is 22.4 Å². The molecule has 0 aromatic heterocycles. The summed E-state index contributed by atoms with van der Waals surface area (Å²) in [6, 6.07) is 14.9. The maximum Gasteiger partial charge on any atom is 0.103 e. The molecule has 2 aromatic rings. The van der Waals surface area contributed by atoms with Gasteiger partial charge in [-0.25, -0.2) is 0 Å². The second kappa shape index (κ2) is 7.32. The molecule has 0 saturated carbocycles. The zero-order valence-electron chi connectivity index (χ0n) is 14.5. The first-order valence-electron chi connectivity index (χ1n) is 8.47. The Labute approximate surface area is 150 Å². The number of thiocarbonyl (C=S) groups is 1. The molecule has 0 radical (unpaired) electrons. The van der Waals surface area contributed by atoms with Crippen LogP contribution in [0.15, 0.2) is 42.5 Å². The highest BCUT2D eigenvalue weighted by Gasteiger charge is 2.18. The van der Waals surface area contributed by atoms with Gasteiger partial charge < -0.3 is 10.6 Å². The van der Waals surface area contributed by atoms with Gasteiger partial charge in [0.25, 0.3) is 0 Å². The first kappa shape index (κ1) is 16.9. The van der Waals surface area contributed by atoms with Gasteiger partial charge in [-0.2, -0.15) is 0 Å². The number of benzene rings is 2. The molecular weight excluding hydrogens is 314 g/mol. The van der Waals surface area contributed by atoms with E-state index in [0.29, 0.717) is 4.99 Å². The Balaban J connectivity index is 1.59. The smallest absolute Gasteiger partial charge is 0.103 e. The number of nitrogens with two attached hydrogens (primary N) is 1. The molecule has 126 valence electrons. The Morgan fingerprint density at radius 3 is 2.29 bits per heavy atom. The van der Waals surface area contributed by atoms with E-state index in [-0.39, 0.29) is 0 Å². The highest BCUT2D eigenvalue weighted by molar-refractivity contribution is 7.80. The van der Waals surface area contributed by atoms with Crippen molar-refractivity contribution < 1.29 is 0 Å². The average molecular weight is 340 g/mol. The third-order valence-corrected chi connectivity index (χ3v) is 5.17. The number of piperazine rings is 1. The van der Waals surface area contributed by atoms with Gasteiger partial charge in [-0.05, 0) is 36.6 Å². The summed E-state index contributed by atoms with van der Waals surface area (Å²) in [5, 5.41) is 0. The topological polar surface area (TPSA) is 32.5 Å². The largest absolute Gasteiger partial charge is 0.389 e. The van der Waals surface area contributed by atoms with Gasteiger partial charge in [-0.15, -0.1) is 0 Å². The van der Waals surface area contributed by atoms with Crippen LogP contribution in [0.4, 0.5) is 5.69 Å². The molecular formula is C20H25N3S. The minimum atomic E-state index is 0.462. The van der Waals surface area contributed by atoms with Crippen molar-refractivity contribution in [2.24, 2.45) is 5.73 Å². The number of aryl methyl sites for hydroxylation is 1. The molecule has 0 bridgehead atoms. The van der Waals surface area contributed by atoms with E-state index in [2.05, 4.69) is 54.0 Å². The maximum atomic E-state index is 5.66. The molecule has 4 heteroatoms. The summed E-state index contributed by atoms with van der Waals surface area (Å²) in [7, 11) is 0. The highest BCUT2D eigenvalue weighted by atomic mass is 32.1. The maximum absolute atomic E-state index is 5.66. The van der Waals surface area contributed by atoms with Crippen LogP contribution < -0.4 is 10.6 Å². The van der Waals surface area contributed by atoms with Crippen LogP contribution in [0.5, 0.6) is 0 Å². The van der Waals surface area contributed by atoms with Gasteiger partial charge in [0.2, 0.25) is 0 Å². The lowest BCUT2D eigenvalue weighted by Crippen LogP contribution is -2.46. The van der Waals surface area contributed by atoms with Crippen LogP contribution in [-0.4, -0.2) is 36.1 Å². The van der Waals surface area contributed by atoms with E-state index in [1.54, 1.807) is 0 Å². The number of hydrogen-bond acceptors (Lipinski definition) is 3. The first-order chi connectivity index (χ1) is 11.5. The third-order valence-electron chi connectivity index (χ3n) is 4.93. The van der Waals surface area contributed by atoms with Crippen LogP contribution in [0.2, 0.25) is 0 Å². The number of rotatable bonds is 4. The Kier molecular flexibility index (Phi) is 5.17. The lowest BCUT2D eigenvalue weighted by molar-refractivity contribution is 0.250. The van der Waals surface area contributed by atoms with Crippen LogP contribution in [0.1, 0.15) is 22.3 Å². The van der Waals surface area contributed by atoms with E-state index in [0.717, 1.165) is 38.3 Å². The molecule has 1 heterocycles. The van der Waals surface area contributed by atoms with Gasteiger partial charge in [-0.3, -0.25) is 4.90 Å². The molecule has 2 N–H and O–H groups in total. The van der Waals surface area contributed by atoms with Crippen LogP contribution in [0.3, 0.4) is 0 Å². The van der Waals surface area contributed by atoms with Gasteiger partial charge in [0, 0.05) is 44.0 Å². The van der Waals surface area contributed by atoms with Crippen molar-refractivity contribution in [1.82, 2.24) is 4.90 Å². The molecule has 1 aliphatic heterocycles. The summed E-state index contributed by atoms with van der Waals surface area (Å²) in [4.78, 5) is 5.48. The quantitative estimate of drug-likeness (QED) is 0.867. The summed E-state index contributed by atoms with van der Waals surface area (Å²) in [5.41, 5.74) is 12.1. The number of nitrogens with zero attached hydrogens (tertiary/aromatic N) is 2. The minimum absolute atomic E-state index is 0.462. The molecule has 0 atom stereocenters. The molecule has 0 amide bonds. The van der Waals surface area contributed by atoms with Crippen molar-refractivity contribution in [2.45, 2.75) is 20.4 Å². The highest BCUT2D eigenvalue weighted by Crippen LogP contribution is 2.24. The van der Waals surface area contributed by atoms with Crippen LogP contribution in [0, 0.1) is 13.8 Å². The van der Waals surface area contributed by atoms with Crippen molar-refractivity contribution in [2.75, 3.05) is 31.1 Å². The van der Waals surface area contributed by atoms with Gasteiger partial charge in [0.15, 0.2) is 0 Å². The Hall–Kier alpha value is -1.91.